The van der Waals surface area contributed by atoms with Crippen LogP contribution >= 0.6 is 0 Å². The second-order valence-corrected chi connectivity index (χ2v) is 5.45. The molecule has 0 aliphatic heterocycles. The lowest BCUT2D eigenvalue weighted by atomic mass is 10.1. The second kappa shape index (κ2) is 8.91. The summed E-state index contributed by atoms with van der Waals surface area (Å²) in [6.07, 6.45) is 0.991. The maximum atomic E-state index is 12.6. The molecule has 2 N–H and O–H groups in total. The van der Waals surface area contributed by atoms with Crippen molar-refractivity contribution in [2.24, 2.45) is 0 Å². The van der Waals surface area contributed by atoms with E-state index in [-0.39, 0.29) is 17.7 Å². The molecule has 0 atom stereocenters. The molecule has 8 heteroatoms. The van der Waals surface area contributed by atoms with Gasteiger partial charge in [0.05, 0.1) is 25.5 Å². The van der Waals surface area contributed by atoms with Gasteiger partial charge in [-0.15, -0.1) is 0 Å². The number of furan rings is 1. The van der Waals surface area contributed by atoms with Gasteiger partial charge in [0.25, 0.3) is 5.91 Å². The Bertz CT molecular complexity index is 782. The van der Waals surface area contributed by atoms with Crippen LogP contribution in [0, 0.1) is 6.92 Å². The monoisotopic (exact) mass is 363 g/mol. The minimum absolute atomic E-state index is 0.109. The normalized spacial score (nSPS) is 10.4. The van der Waals surface area contributed by atoms with Crippen molar-refractivity contribution in [3.05, 3.63) is 41.3 Å². The third kappa shape index (κ3) is 4.76. The molecular weight excluding hydrogens is 342 g/mol. The van der Waals surface area contributed by atoms with Crippen LogP contribution in [0.1, 0.15) is 21.7 Å². The predicted molar refractivity (Wildman–Crippen MR) is 93.1 cm³/mol. The number of hydrogen-bond acceptors (Lipinski definition) is 6. The molecule has 1 heterocycles. The van der Waals surface area contributed by atoms with Gasteiger partial charge >= 0.3 is 5.97 Å². The summed E-state index contributed by atoms with van der Waals surface area (Å²) in [4.78, 5) is 23.5. The number of amides is 1. The molecule has 1 aromatic carbocycles. The van der Waals surface area contributed by atoms with Crippen molar-refractivity contribution in [3.8, 4) is 11.5 Å². The van der Waals surface area contributed by atoms with Gasteiger partial charge in [-0.05, 0) is 19.1 Å². The average Bonchev–Trinajstić information content (AvgIpc) is 2.95. The molecule has 2 aromatic rings. The quantitative estimate of drug-likeness (QED) is 0.659. The SMILES string of the molecule is COCCOc1cc(NC(=O)c2c(C)coc2CC(=O)O)ccc1OC. The average molecular weight is 363 g/mol. The largest absolute Gasteiger partial charge is 0.493 e. The predicted octanol–water partition coefficient (Wildman–Crippen LogP) is 2.50. The fourth-order valence-electron chi connectivity index (χ4n) is 2.37. The summed E-state index contributed by atoms with van der Waals surface area (Å²) in [6, 6.07) is 4.95. The summed E-state index contributed by atoms with van der Waals surface area (Å²) in [5, 5.41) is 11.7. The molecule has 0 aliphatic rings. The van der Waals surface area contributed by atoms with Gasteiger partial charge in [0.1, 0.15) is 18.8 Å². The molecule has 0 saturated heterocycles. The Kier molecular flexibility index (Phi) is 6.62. The fourth-order valence-corrected chi connectivity index (χ4v) is 2.37. The molecular formula is C18H21NO7. The van der Waals surface area contributed by atoms with E-state index in [1.807, 2.05) is 0 Å². The first-order chi connectivity index (χ1) is 12.5. The van der Waals surface area contributed by atoms with E-state index in [4.69, 9.17) is 23.7 Å². The Morgan fingerprint density at radius 3 is 2.62 bits per heavy atom. The van der Waals surface area contributed by atoms with E-state index >= 15 is 0 Å². The molecule has 0 bridgehead atoms. The molecule has 1 aromatic heterocycles. The van der Waals surface area contributed by atoms with Crippen LogP contribution in [0.5, 0.6) is 11.5 Å². The summed E-state index contributed by atoms with van der Waals surface area (Å²) in [5.41, 5.74) is 1.25. The number of carbonyl (C=O) groups excluding carboxylic acids is 1. The van der Waals surface area contributed by atoms with E-state index in [0.717, 1.165) is 0 Å². The van der Waals surface area contributed by atoms with E-state index in [9.17, 15) is 9.59 Å². The first-order valence-corrected chi connectivity index (χ1v) is 7.86. The summed E-state index contributed by atoms with van der Waals surface area (Å²) in [7, 11) is 3.09. The number of aliphatic carboxylic acids is 1. The molecule has 0 saturated carbocycles. The van der Waals surface area contributed by atoms with Crippen LogP contribution in [0.15, 0.2) is 28.9 Å². The number of carbonyl (C=O) groups is 2. The standard InChI is InChI=1S/C18H21NO7/c1-11-10-26-15(9-16(20)21)17(11)18(22)19-12-4-5-13(24-3)14(8-12)25-7-6-23-2/h4-5,8,10H,6-7,9H2,1-3H3,(H,19,22)(H,20,21). The van der Waals surface area contributed by atoms with Gasteiger partial charge in [-0.1, -0.05) is 0 Å². The molecule has 2 rings (SSSR count). The van der Waals surface area contributed by atoms with Crippen LogP contribution in [0.4, 0.5) is 5.69 Å². The van der Waals surface area contributed by atoms with Crippen molar-refractivity contribution in [1.82, 2.24) is 0 Å². The fraction of sp³-hybridized carbons (Fsp3) is 0.333. The molecule has 1 amide bonds. The van der Waals surface area contributed by atoms with E-state index in [1.54, 1.807) is 32.2 Å². The molecule has 26 heavy (non-hydrogen) atoms. The number of carboxylic acids is 1. The van der Waals surface area contributed by atoms with Crippen LogP contribution in [0.2, 0.25) is 0 Å². The van der Waals surface area contributed by atoms with Crippen molar-refractivity contribution in [2.75, 3.05) is 32.8 Å². The van der Waals surface area contributed by atoms with Crippen molar-refractivity contribution in [2.45, 2.75) is 13.3 Å². The number of aryl methyl sites for hydroxylation is 1. The smallest absolute Gasteiger partial charge is 0.311 e. The molecule has 0 radical (unpaired) electrons. The number of ether oxygens (including phenoxy) is 3. The summed E-state index contributed by atoms with van der Waals surface area (Å²) >= 11 is 0. The summed E-state index contributed by atoms with van der Waals surface area (Å²) < 4.78 is 21.0. The maximum absolute atomic E-state index is 12.6. The maximum Gasteiger partial charge on any atom is 0.311 e. The minimum atomic E-state index is -1.08. The van der Waals surface area contributed by atoms with Crippen LogP contribution in [-0.4, -0.2) is 44.4 Å². The van der Waals surface area contributed by atoms with Gasteiger partial charge in [-0.25, -0.2) is 0 Å². The van der Waals surface area contributed by atoms with Crippen molar-refractivity contribution >= 4 is 17.6 Å². The summed E-state index contributed by atoms with van der Waals surface area (Å²) in [5.74, 6) is -0.452. The Morgan fingerprint density at radius 2 is 1.96 bits per heavy atom. The second-order valence-electron chi connectivity index (χ2n) is 5.45. The van der Waals surface area contributed by atoms with Crippen molar-refractivity contribution < 1.29 is 33.3 Å². The Morgan fingerprint density at radius 1 is 1.19 bits per heavy atom. The van der Waals surface area contributed by atoms with Gasteiger partial charge in [-0.2, -0.15) is 0 Å². The van der Waals surface area contributed by atoms with Crippen molar-refractivity contribution in [3.63, 3.8) is 0 Å². The lowest BCUT2D eigenvalue weighted by Gasteiger charge is -2.13. The van der Waals surface area contributed by atoms with Crippen LogP contribution in [0.25, 0.3) is 0 Å². The lowest BCUT2D eigenvalue weighted by Crippen LogP contribution is -2.15. The lowest BCUT2D eigenvalue weighted by molar-refractivity contribution is -0.136. The van der Waals surface area contributed by atoms with Gasteiger partial charge in [0.15, 0.2) is 11.5 Å². The zero-order valence-corrected chi connectivity index (χ0v) is 14.8. The number of nitrogens with one attached hydrogen (secondary N) is 1. The number of anilines is 1. The number of benzene rings is 1. The zero-order chi connectivity index (χ0) is 19.1. The van der Waals surface area contributed by atoms with Gasteiger partial charge in [0.2, 0.25) is 0 Å². The highest BCUT2D eigenvalue weighted by Crippen LogP contribution is 2.30. The molecule has 8 nitrogen and oxygen atoms in total. The van der Waals surface area contributed by atoms with E-state index in [0.29, 0.717) is 36.0 Å². The molecule has 0 fully saturated rings. The highest BCUT2D eigenvalue weighted by atomic mass is 16.5. The van der Waals surface area contributed by atoms with E-state index < -0.39 is 11.9 Å². The number of methoxy groups -OCH3 is 2. The third-order valence-corrected chi connectivity index (χ3v) is 3.56. The van der Waals surface area contributed by atoms with Crippen molar-refractivity contribution in [1.29, 1.82) is 0 Å². The number of carboxylic acid groups (broad SMARTS) is 1. The Balaban J connectivity index is 2.20. The minimum Gasteiger partial charge on any atom is -0.493 e. The van der Waals surface area contributed by atoms with Crippen LogP contribution in [0.3, 0.4) is 0 Å². The molecule has 0 aliphatic carbocycles. The van der Waals surface area contributed by atoms with Crippen LogP contribution < -0.4 is 14.8 Å². The third-order valence-electron chi connectivity index (χ3n) is 3.56. The van der Waals surface area contributed by atoms with E-state index in [2.05, 4.69) is 5.32 Å². The molecule has 0 spiro atoms. The Hall–Kier alpha value is -3.00. The Labute approximate surface area is 150 Å². The van der Waals surface area contributed by atoms with E-state index in [1.165, 1.54) is 13.4 Å². The van der Waals surface area contributed by atoms with Gasteiger partial charge in [0, 0.05) is 24.4 Å². The van der Waals surface area contributed by atoms with Gasteiger partial charge in [-0.3, -0.25) is 9.59 Å². The zero-order valence-electron chi connectivity index (χ0n) is 14.8. The highest BCUT2D eigenvalue weighted by molar-refractivity contribution is 6.06. The van der Waals surface area contributed by atoms with Crippen LogP contribution in [-0.2, 0) is 16.0 Å². The number of rotatable bonds is 9. The first-order valence-electron chi connectivity index (χ1n) is 7.86. The summed E-state index contributed by atoms with van der Waals surface area (Å²) in [6.45, 7) is 2.41. The number of hydrogen-bond donors (Lipinski definition) is 2. The topological polar surface area (TPSA) is 107 Å². The first kappa shape index (κ1) is 19.3. The molecule has 0 unspecified atom stereocenters. The highest BCUT2D eigenvalue weighted by Gasteiger charge is 2.21. The molecule has 140 valence electrons. The van der Waals surface area contributed by atoms with Gasteiger partial charge < -0.3 is 29.1 Å².